The lowest BCUT2D eigenvalue weighted by atomic mass is 10.1. The lowest BCUT2D eigenvalue weighted by Gasteiger charge is -2.17. The van der Waals surface area contributed by atoms with Crippen molar-refractivity contribution in [2.24, 2.45) is 0 Å². The number of hydrogen-bond acceptors (Lipinski definition) is 2. The zero-order chi connectivity index (χ0) is 11.7. The third kappa shape index (κ3) is 7.55. The number of carbonyl (C=O) groups excluding carboxylic acids is 1. The van der Waals surface area contributed by atoms with E-state index in [1.165, 1.54) is 25.7 Å². The summed E-state index contributed by atoms with van der Waals surface area (Å²) in [6.07, 6.45) is 6.69. The number of unbranched alkanes of at least 4 members (excludes halogenated alkanes) is 3. The van der Waals surface area contributed by atoms with Crippen LogP contribution in [0.5, 0.6) is 0 Å². The maximum atomic E-state index is 11.3. The molecule has 0 bridgehead atoms. The summed E-state index contributed by atoms with van der Waals surface area (Å²) in [5.41, 5.74) is 0. The first-order chi connectivity index (χ1) is 7.11. The second-order valence-corrected chi connectivity index (χ2v) is 4.26. The van der Waals surface area contributed by atoms with E-state index in [0.29, 0.717) is 6.42 Å². The van der Waals surface area contributed by atoms with E-state index in [4.69, 9.17) is 4.74 Å². The fourth-order valence-corrected chi connectivity index (χ4v) is 1.64. The van der Waals surface area contributed by atoms with Crippen molar-refractivity contribution >= 4 is 5.78 Å². The molecule has 90 valence electrons. The molecule has 2 heteroatoms. The molecule has 0 heterocycles. The standard InChI is InChI=1S/C13H26O2/c1-5-7-8-9-10-11(3)15-12(4)13(14)6-2/h11-12H,5-10H2,1-4H3. The fourth-order valence-electron chi connectivity index (χ4n) is 1.64. The second kappa shape index (κ2) is 8.90. The summed E-state index contributed by atoms with van der Waals surface area (Å²) in [4.78, 5) is 11.3. The van der Waals surface area contributed by atoms with Crippen molar-refractivity contribution in [3.05, 3.63) is 0 Å². The largest absolute Gasteiger partial charge is 0.368 e. The summed E-state index contributed by atoms with van der Waals surface area (Å²) in [6.45, 7) is 8.01. The molecule has 0 aromatic carbocycles. The smallest absolute Gasteiger partial charge is 0.161 e. The third-order valence-corrected chi connectivity index (χ3v) is 2.70. The quantitative estimate of drug-likeness (QED) is 0.547. The predicted molar refractivity (Wildman–Crippen MR) is 64.1 cm³/mol. The second-order valence-electron chi connectivity index (χ2n) is 4.26. The van der Waals surface area contributed by atoms with Gasteiger partial charge in [0.05, 0.1) is 6.10 Å². The van der Waals surface area contributed by atoms with Gasteiger partial charge in [-0.25, -0.2) is 0 Å². The summed E-state index contributed by atoms with van der Waals surface area (Å²) in [5, 5.41) is 0. The van der Waals surface area contributed by atoms with E-state index in [1.807, 2.05) is 13.8 Å². The maximum absolute atomic E-state index is 11.3. The predicted octanol–water partition coefficient (Wildman–Crippen LogP) is 3.73. The normalized spacial score (nSPS) is 14.9. The van der Waals surface area contributed by atoms with Crippen molar-refractivity contribution in [3.8, 4) is 0 Å². The van der Waals surface area contributed by atoms with E-state index in [9.17, 15) is 4.79 Å². The summed E-state index contributed by atoms with van der Waals surface area (Å²) < 4.78 is 5.63. The lowest BCUT2D eigenvalue weighted by Crippen LogP contribution is -2.24. The van der Waals surface area contributed by atoms with Crippen molar-refractivity contribution < 1.29 is 9.53 Å². The fraction of sp³-hybridized carbons (Fsp3) is 0.923. The van der Waals surface area contributed by atoms with Gasteiger partial charge in [0.2, 0.25) is 0 Å². The minimum absolute atomic E-state index is 0.204. The average molecular weight is 214 g/mol. The van der Waals surface area contributed by atoms with Crippen LogP contribution in [0, 0.1) is 0 Å². The zero-order valence-corrected chi connectivity index (χ0v) is 10.7. The summed E-state index contributed by atoms with van der Waals surface area (Å²) in [5.74, 6) is 0.204. The van der Waals surface area contributed by atoms with Gasteiger partial charge in [0.15, 0.2) is 5.78 Å². The van der Waals surface area contributed by atoms with E-state index in [0.717, 1.165) is 6.42 Å². The Morgan fingerprint density at radius 1 is 1.13 bits per heavy atom. The van der Waals surface area contributed by atoms with Crippen molar-refractivity contribution in [1.82, 2.24) is 0 Å². The van der Waals surface area contributed by atoms with Gasteiger partial charge < -0.3 is 4.74 Å². The Balaban J connectivity index is 3.55. The molecule has 0 aliphatic heterocycles. The van der Waals surface area contributed by atoms with Crippen LogP contribution in [0.1, 0.15) is 66.2 Å². The topological polar surface area (TPSA) is 26.3 Å². The van der Waals surface area contributed by atoms with Crippen molar-refractivity contribution in [3.63, 3.8) is 0 Å². The Labute approximate surface area is 94.4 Å². The highest BCUT2D eigenvalue weighted by Gasteiger charge is 2.14. The molecule has 0 aliphatic rings. The first kappa shape index (κ1) is 14.6. The van der Waals surface area contributed by atoms with E-state index in [-0.39, 0.29) is 18.0 Å². The van der Waals surface area contributed by atoms with Gasteiger partial charge in [-0.15, -0.1) is 0 Å². The van der Waals surface area contributed by atoms with E-state index in [1.54, 1.807) is 0 Å². The van der Waals surface area contributed by atoms with Crippen LogP contribution in [-0.4, -0.2) is 18.0 Å². The highest BCUT2D eigenvalue weighted by atomic mass is 16.5. The highest BCUT2D eigenvalue weighted by molar-refractivity contribution is 5.82. The van der Waals surface area contributed by atoms with E-state index in [2.05, 4.69) is 13.8 Å². The van der Waals surface area contributed by atoms with Crippen LogP contribution in [0.25, 0.3) is 0 Å². The van der Waals surface area contributed by atoms with Crippen LogP contribution in [0.3, 0.4) is 0 Å². The SMILES string of the molecule is CCCCCCC(C)OC(C)C(=O)CC. The zero-order valence-electron chi connectivity index (χ0n) is 10.7. The molecule has 0 radical (unpaired) electrons. The Bertz CT molecular complexity index is 166. The number of ether oxygens (including phenoxy) is 1. The third-order valence-electron chi connectivity index (χ3n) is 2.70. The molecule has 0 saturated carbocycles. The molecule has 0 aromatic heterocycles. The van der Waals surface area contributed by atoms with Gasteiger partial charge in [-0.3, -0.25) is 4.79 Å². The van der Waals surface area contributed by atoms with Crippen molar-refractivity contribution in [1.29, 1.82) is 0 Å². The molecule has 0 rings (SSSR count). The number of ketones is 1. The number of carbonyl (C=O) groups is 1. The summed E-state index contributed by atoms with van der Waals surface area (Å²) >= 11 is 0. The van der Waals surface area contributed by atoms with E-state index < -0.39 is 0 Å². The number of hydrogen-bond donors (Lipinski definition) is 0. The molecule has 0 saturated heterocycles. The van der Waals surface area contributed by atoms with Gasteiger partial charge >= 0.3 is 0 Å². The van der Waals surface area contributed by atoms with Gasteiger partial charge in [-0.05, 0) is 20.3 Å². The molecule has 2 nitrogen and oxygen atoms in total. The molecular weight excluding hydrogens is 188 g/mol. The molecule has 0 aliphatic carbocycles. The van der Waals surface area contributed by atoms with Gasteiger partial charge in [-0.2, -0.15) is 0 Å². The van der Waals surface area contributed by atoms with Crippen LogP contribution >= 0.6 is 0 Å². The molecule has 0 spiro atoms. The van der Waals surface area contributed by atoms with Gasteiger partial charge in [0.25, 0.3) is 0 Å². The number of Topliss-reactive ketones (excluding diaryl/α,β-unsaturated/α-hetero) is 1. The average Bonchev–Trinajstić information content (AvgIpc) is 2.23. The Morgan fingerprint density at radius 2 is 1.80 bits per heavy atom. The molecule has 0 aromatic rings. The van der Waals surface area contributed by atoms with Crippen LogP contribution in [-0.2, 0) is 9.53 Å². The molecular formula is C13H26O2. The Morgan fingerprint density at radius 3 is 2.33 bits per heavy atom. The summed E-state index contributed by atoms with van der Waals surface area (Å²) in [6, 6.07) is 0. The van der Waals surface area contributed by atoms with Gasteiger partial charge in [0.1, 0.15) is 6.10 Å². The Kier molecular flexibility index (Phi) is 8.68. The number of rotatable bonds is 9. The van der Waals surface area contributed by atoms with Crippen LogP contribution in [0.15, 0.2) is 0 Å². The molecule has 2 unspecified atom stereocenters. The monoisotopic (exact) mass is 214 g/mol. The molecule has 2 atom stereocenters. The maximum Gasteiger partial charge on any atom is 0.161 e. The van der Waals surface area contributed by atoms with E-state index >= 15 is 0 Å². The highest BCUT2D eigenvalue weighted by Crippen LogP contribution is 2.10. The van der Waals surface area contributed by atoms with Gasteiger partial charge in [0, 0.05) is 6.42 Å². The van der Waals surface area contributed by atoms with Crippen LogP contribution in [0.4, 0.5) is 0 Å². The first-order valence-electron chi connectivity index (χ1n) is 6.29. The molecule has 0 amide bonds. The summed E-state index contributed by atoms with van der Waals surface area (Å²) in [7, 11) is 0. The Hall–Kier alpha value is -0.370. The van der Waals surface area contributed by atoms with Crippen LogP contribution in [0.2, 0.25) is 0 Å². The van der Waals surface area contributed by atoms with Gasteiger partial charge in [-0.1, -0.05) is 39.5 Å². The molecule has 0 fully saturated rings. The first-order valence-corrected chi connectivity index (χ1v) is 6.29. The van der Waals surface area contributed by atoms with Crippen LogP contribution < -0.4 is 0 Å². The van der Waals surface area contributed by atoms with Crippen molar-refractivity contribution in [2.75, 3.05) is 0 Å². The minimum Gasteiger partial charge on any atom is -0.368 e. The van der Waals surface area contributed by atoms with Crippen molar-refractivity contribution in [2.45, 2.75) is 78.4 Å². The minimum atomic E-state index is -0.226. The molecule has 0 N–H and O–H groups in total. The molecule has 15 heavy (non-hydrogen) atoms. The lowest BCUT2D eigenvalue weighted by molar-refractivity contribution is -0.132.